The van der Waals surface area contributed by atoms with E-state index in [2.05, 4.69) is 23.0 Å². The summed E-state index contributed by atoms with van der Waals surface area (Å²) in [5.74, 6) is 0. The zero-order chi connectivity index (χ0) is 6.69. The fourth-order valence-electron chi connectivity index (χ4n) is 0.410. The molecule has 9 heavy (non-hydrogen) atoms. The number of imidazole rings is 1. The normalized spacial score (nSPS) is 9.00. The molecule has 0 aliphatic rings. The van der Waals surface area contributed by atoms with Gasteiger partial charge in [-0.15, -0.1) is 5.43 Å². The van der Waals surface area contributed by atoms with Crippen LogP contribution in [0.1, 0.15) is 0 Å². The topological polar surface area (TPSA) is 49.0 Å². The van der Waals surface area contributed by atoms with Crippen LogP contribution in [0.5, 0.6) is 0 Å². The molecule has 0 aromatic carbocycles. The van der Waals surface area contributed by atoms with Gasteiger partial charge in [0.1, 0.15) is 6.33 Å². The largest absolute Gasteiger partial charge is 0.318 e. The van der Waals surface area contributed by atoms with Gasteiger partial charge >= 0.3 is 5.24 Å². The van der Waals surface area contributed by atoms with E-state index in [1.807, 2.05) is 0 Å². The first kappa shape index (κ1) is 6.15. The van der Waals surface area contributed by atoms with Crippen LogP contribution in [0.4, 0.5) is 4.79 Å². The fourth-order valence-corrected chi connectivity index (χ4v) is 0.513. The molecule has 0 saturated carbocycles. The number of thiol groups is 1. The first-order chi connectivity index (χ1) is 4.29. The van der Waals surface area contributed by atoms with Crippen molar-refractivity contribution in [2.45, 2.75) is 0 Å². The SMILES string of the molecule is O=C(S)[N]n1ccnc1. The van der Waals surface area contributed by atoms with Gasteiger partial charge < -0.3 is 0 Å². The van der Waals surface area contributed by atoms with Crippen molar-refractivity contribution >= 4 is 17.9 Å². The molecule has 47 valence electrons. The summed E-state index contributed by atoms with van der Waals surface area (Å²) in [6, 6.07) is 0. The zero-order valence-corrected chi connectivity index (χ0v) is 5.32. The Balaban J connectivity index is 2.58. The monoisotopic (exact) mass is 142 g/mol. The standard InChI is InChI=1S/C4H4N3OS/c8-4(9)6-7-2-1-5-3-7/h1-3H,(H,8,9). The molecule has 0 spiro atoms. The van der Waals surface area contributed by atoms with E-state index in [1.54, 1.807) is 6.20 Å². The lowest BCUT2D eigenvalue weighted by atomic mass is 11.0. The molecular weight excluding hydrogens is 138 g/mol. The van der Waals surface area contributed by atoms with Gasteiger partial charge in [-0.05, 0) is 0 Å². The first-order valence-corrected chi connectivity index (χ1v) is 2.66. The van der Waals surface area contributed by atoms with E-state index < -0.39 is 5.24 Å². The highest BCUT2D eigenvalue weighted by atomic mass is 32.1. The van der Waals surface area contributed by atoms with Gasteiger partial charge in [-0.1, -0.05) is 12.6 Å². The van der Waals surface area contributed by atoms with Crippen molar-refractivity contribution in [3.05, 3.63) is 18.7 Å². The third kappa shape index (κ3) is 1.77. The van der Waals surface area contributed by atoms with E-state index in [1.165, 1.54) is 17.2 Å². The lowest BCUT2D eigenvalue weighted by Gasteiger charge is -1.92. The second kappa shape index (κ2) is 2.54. The maximum Gasteiger partial charge on any atom is 0.318 e. The van der Waals surface area contributed by atoms with Crippen LogP contribution >= 0.6 is 12.6 Å². The molecule has 1 heterocycles. The number of carbonyl (C=O) groups excluding carboxylic acids is 1. The van der Waals surface area contributed by atoms with E-state index in [-0.39, 0.29) is 0 Å². The molecule has 0 atom stereocenters. The van der Waals surface area contributed by atoms with Crippen LogP contribution in [0.3, 0.4) is 0 Å². The van der Waals surface area contributed by atoms with Crippen LogP contribution in [0.15, 0.2) is 18.7 Å². The molecule has 1 aromatic heterocycles. The van der Waals surface area contributed by atoms with Crippen LogP contribution in [0.25, 0.3) is 0 Å². The minimum atomic E-state index is -0.534. The molecule has 0 bridgehead atoms. The molecule has 1 amide bonds. The summed E-state index contributed by atoms with van der Waals surface area (Å²) in [5, 5.41) is -0.534. The smallest absolute Gasteiger partial charge is 0.258 e. The van der Waals surface area contributed by atoms with Crippen LogP contribution < -0.4 is 5.43 Å². The van der Waals surface area contributed by atoms with Crippen molar-refractivity contribution < 1.29 is 4.79 Å². The summed E-state index contributed by atoms with van der Waals surface area (Å²) in [5.41, 5.74) is 3.40. The second-order valence-corrected chi connectivity index (χ2v) is 1.71. The van der Waals surface area contributed by atoms with Crippen molar-refractivity contribution in [2.75, 3.05) is 0 Å². The Morgan fingerprint density at radius 2 is 2.56 bits per heavy atom. The third-order valence-electron chi connectivity index (χ3n) is 0.691. The van der Waals surface area contributed by atoms with Gasteiger partial charge in [0, 0.05) is 12.4 Å². The van der Waals surface area contributed by atoms with Crippen LogP contribution in [0, 0.1) is 0 Å². The minimum absolute atomic E-state index is 0.534. The first-order valence-electron chi connectivity index (χ1n) is 2.22. The van der Waals surface area contributed by atoms with Crippen molar-refractivity contribution in [1.29, 1.82) is 0 Å². The van der Waals surface area contributed by atoms with E-state index in [9.17, 15) is 4.79 Å². The van der Waals surface area contributed by atoms with Gasteiger partial charge in [-0.2, -0.15) is 0 Å². The molecule has 0 aliphatic heterocycles. The van der Waals surface area contributed by atoms with Crippen LogP contribution in [0.2, 0.25) is 0 Å². The number of carbonyl (C=O) groups is 1. The molecule has 0 fully saturated rings. The predicted molar refractivity (Wildman–Crippen MR) is 34.1 cm³/mol. The Bertz CT molecular complexity index is 196. The van der Waals surface area contributed by atoms with E-state index in [0.29, 0.717) is 0 Å². The fraction of sp³-hybridized carbons (Fsp3) is 0. The maximum absolute atomic E-state index is 10.2. The van der Waals surface area contributed by atoms with Crippen molar-refractivity contribution in [3.8, 4) is 0 Å². The highest BCUT2D eigenvalue weighted by Crippen LogP contribution is 1.83. The Hall–Kier alpha value is -0.970. The van der Waals surface area contributed by atoms with Gasteiger partial charge in [-0.3, -0.25) is 4.79 Å². The Labute approximate surface area is 57.3 Å². The molecule has 0 saturated heterocycles. The van der Waals surface area contributed by atoms with E-state index in [4.69, 9.17) is 0 Å². The molecule has 4 nitrogen and oxygen atoms in total. The van der Waals surface area contributed by atoms with Gasteiger partial charge in [0.2, 0.25) is 0 Å². The predicted octanol–water partition coefficient (Wildman–Crippen LogP) is 0.300. The summed E-state index contributed by atoms with van der Waals surface area (Å²) >= 11 is 3.43. The summed E-state index contributed by atoms with van der Waals surface area (Å²) in [6.07, 6.45) is 4.49. The summed E-state index contributed by atoms with van der Waals surface area (Å²) in [7, 11) is 0. The van der Waals surface area contributed by atoms with Crippen molar-refractivity contribution in [1.82, 2.24) is 15.1 Å². The number of rotatable bonds is 1. The molecule has 0 aliphatic carbocycles. The number of hydrogen-bond donors (Lipinski definition) is 1. The maximum atomic E-state index is 10.2. The number of aromatic nitrogens is 2. The van der Waals surface area contributed by atoms with Crippen LogP contribution in [-0.2, 0) is 0 Å². The highest BCUT2D eigenvalue weighted by molar-refractivity contribution is 7.96. The van der Waals surface area contributed by atoms with Gasteiger partial charge in [0.25, 0.3) is 0 Å². The van der Waals surface area contributed by atoms with Gasteiger partial charge in [0.05, 0.1) is 0 Å². The molecule has 1 aromatic rings. The lowest BCUT2D eigenvalue weighted by Crippen LogP contribution is -2.12. The Kier molecular flexibility index (Phi) is 1.74. The minimum Gasteiger partial charge on any atom is -0.258 e. The Morgan fingerprint density at radius 3 is 3.00 bits per heavy atom. The average molecular weight is 142 g/mol. The molecule has 1 rings (SSSR count). The Morgan fingerprint density at radius 1 is 1.78 bits per heavy atom. The number of nitrogens with zero attached hydrogens (tertiary/aromatic N) is 3. The number of amides is 1. The van der Waals surface area contributed by atoms with Crippen molar-refractivity contribution in [3.63, 3.8) is 0 Å². The molecule has 0 N–H and O–H groups in total. The van der Waals surface area contributed by atoms with Gasteiger partial charge in [0.15, 0.2) is 0 Å². The summed E-state index contributed by atoms with van der Waals surface area (Å²) < 4.78 is 1.29. The quantitative estimate of drug-likeness (QED) is 0.573. The summed E-state index contributed by atoms with van der Waals surface area (Å²) in [6.45, 7) is 0. The van der Waals surface area contributed by atoms with E-state index >= 15 is 0 Å². The van der Waals surface area contributed by atoms with Gasteiger partial charge in [-0.25, -0.2) is 9.66 Å². The summed E-state index contributed by atoms with van der Waals surface area (Å²) in [4.78, 5) is 13.8. The number of hydrogen-bond acceptors (Lipinski definition) is 2. The average Bonchev–Trinajstić information content (AvgIpc) is 2.15. The zero-order valence-electron chi connectivity index (χ0n) is 4.43. The van der Waals surface area contributed by atoms with Crippen molar-refractivity contribution in [2.24, 2.45) is 0 Å². The van der Waals surface area contributed by atoms with Crippen LogP contribution in [-0.4, -0.2) is 14.9 Å². The molecular formula is C4H4N3OS. The second-order valence-electron chi connectivity index (χ2n) is 1.33. The molecule has 1 radical (unpaired) electrons. The van der Waals surface area contributed by atoms with E-state index in [0.717, 1.165) is 0 Å². The third-order valence-corrected chi connectivity index (χ3v) is 0.781. The molecule has 0 unspecified atom stereocenters. The lowest BCUT2D eigenvalue weighted by molar-refractivity contribution is 0.257. The highest BCUT2D eigenvalue weighted by Gasteiger charge is 1.93. The molecule has 5 heteroatoms.